The number of nitrogens with one attached hydrogen (secondary N) is 1. The Morgan fingerprint density at radius 3 is 2.58 bits per heavy atom. The summed E-state index contributed by atoms with van der Waals surface area (Å²) in [6, 6.07) is 10.7. The van der Waals surface area contributed by atoms with Crippen molar-refractivity contribution in [2.45, 2.75) is 4.90 Å². The van der Waals surface area contributed by atoms with E-state index in [9.17, 15) is 13.2 Å². The molecule has 0 aromatic heterocycles. The summed E-state index contributed by atoms with van der Waals surface area (Å²) in [7, 11) is -1.33. The zero-order valence-electron chi connectivity index (χ0n) is 12.8. The van der Waals surface area contributed by atoms with Crippen LogP contribution in [0.4, 0.5) is 5.69 Å². The average molecular weight is 434 g/mol. The van der Waals surface area contributed by atoms with E-state index in [-0.39, 0.29) is 10.5 Å². The number of hydrogen-bond donors (Lipinski definition) is 1. The predicted molar refractivity (Wildman–Crippen MR) is 95.5 cm³/mol. The minimum atomic E-state index is -3.83. The molecule has 0 aliphatic rings. The molecule has 0 aliphatic carbocycles. The van der Waals surface area contributed by atoms with Gasteiger partial charge >= 0.3 is 0 Å². The van der Waals surface area contributed by atoms with E-state index in [4.69, 9.17) is 16.4 Å². The van der Waals surface area contributed by atoms with E-state index in [1.807, 2.05) is 0 Å². The summed E-state index contributed by atoms with van der Waals surface area (Å²) in [4.78, 5) is 17.0. The molecule has 0 saturated carbocycles. The molecule has 2 aromatic rings. The second-order valence-corrected chi connectivity index (χ2v) is 7.96. The highest BCUT2D eigenvalue weighted by atomic mass is 79.9. The highest BCUT2D eigenvalue weighted by molar-refractivity contribution is 9.10. The fourth-order valence-corrected chi connectivity index (χ4v) is 3.57. The molecule has 0 atom stereocenters. The van der Waals surface area contributed by atoms with Crippen LogP contribution in [-0.2, 0) is 14.9 Å². The quantitative estimate of drug-likeness (QED) is 0.732. The van der Waals surface area contributed by atoms with Crippen LogP contribution in [0.5, 0.6) is 0 Å². The van der Waals surface area contributed by atoms with E-state index in [1.54, 1.807) is 18.2 Å². The first kappa shape index (κ1) is 18.9. The highest BCUT2D eigenvalue weighted by Crippen LogP contribution is 2.26. The number of hydrogen-bond acceptors (Lipinski definition) is 4. The van der Waals surface area contributed by atoms with E-state index in [2.05, 4.69) is 21.2 Å². The largest absolute Gasteiger partial charge is 0.321 e. The van der Waals surface area contributed by atoms with Crippen molar-refractivity contribution in [3.63, 3.8) is 0 Å². The Bertz CT molecular complexity index is 874. The molecule has 0 bridgehead atoms. The third-order valence-corrected chi connectivity index (χ3v) is 5.65. The van der Waals surface area contributed by atoms with Gasteiger partial charge in [-0.05, 0) is 36.4 Å². The van der Waals surface area contributed by atoms with Gasteiger partial charge in [-0.3, -0.25) is 9.63 Å². The average Bonchev–Trinajstić information content (AvgIpc) is 2.56. The molecule has 0 fully saturated rings. The maximum atomic E-state index is 12.3. The molecule has 0 radical (unpaired) electrons. The van der Waals surface area contributed by atoms with Crippen molar-refractivity contribution >= 4 is 49.1 Å². The SMILES string of the molecule is CON(C)S(=O)(=O)c1cccc(C(=O)Nc2ccc(Br)cc2Cl)c1. The second-order valence-electron chi connectivity index (χ2n) is 4.70. The van der Waals surface area contributed by atoms with Crippen LogP contribution in [0.15, 0.2) is 51.8 Å². The lowest BCUT2D eigenvalue weighted by Gasteiger charge is -2.14. The zero-order valence-corrected chi connectivity index (χ0v) is 15.9. The topological polar surface area (TPSA) is 75.7 Å². The van der Waals surface area contributed by atoms with E-state index in [1.165, 1.54) is 38.4 Å². The monoisotopic (exact) mass is 432 g/mol. The number of nitrogens with zero attached hydrogens (tertiary/aromatic N) is 1. The maximum absolute atomic E-state index is 12.3. The van der Waals surface area contributed by atoms with Crippen molar-refractivity contribution in [2.75, 3.05) is 19.5 Å². The molecular formula is C15H14BrClN2O4S. The number of hydroxylamine groups is 1. The molecule has 2 rings (SSSR count). The van der Waals surface area contributed by atoms with Gasteiger partial charge in [0.05, 0.1) is 22.7 Å². The molecule has 1 amide bonds. The summed E-state index contributed by atoms with van der Waals surface area (Å²) in [5, 5.41) is 3.01. The minimum absolute atomic E-state index is 0.0543. The number of halogens is 2. The van der Waals surface area contributed by atoms with Crippen molar-refractivity contribution in [1.29, 1.82) is 0 Å². The number of amides is 1. The smallest absolute Gasteiger partial charge is 0.264 e. The lowest BCUT2D eigenvalue weighted by Crippen LogP contribution is -2.26. The van der Waals surface area contributed by atoms with Gasteiger partial charge in [-0.1, -0.05) is 38.1 Å². The standard InChI is InChI=1S/C15H14BrClN2O4S/c1-19(23-2)24(21,22)12-5-3-4-10(8-12)15(20)18-14-7-6-11(16)9-13(14)17/h3-9H,1-2H3,(H,18,20). The van der Waals surface area contributed by atoms with Crippen molar-refractivity contribution in [3.8, 4) is 0 Å². The molecule has 0 aliphatic heterocycles. The number of sulfonamides is 1. The van der Waals surface area contributed by atoms with Gasteiger partial charge in [-0.15, -0.1) is 0 Å². The predicted octanol–water partition coefficient (Wildman–Crippen LogP) is 3.54. The number of carbonyl (C=O) groups excluding carboxylic acids is 1. The first-order valence-electron chi connectivity index (χ1n) is 6.65. The third kappa shape index (κ3) is 4.14. The summed E-state index contributed by atoms with van der Waals surface area (Å²) >= 11 is 9.34. The summed E-state index contributed by atoms with van der Waals surface area (Å²) in [6.07, 6.45) is 0. The molecule has 1 N–H and O–H groups in total. The van der Waals surface area contributed by atoms with Crippen molar-refractivity contribution in [1.82, 2.24) is 4.47 Å². The van der Waals surface area contributed by atoms with Gasteiger partial charge < -0.3 is 5.32 Å². The van der Waals surface area contributed by atoms with Gasteiger partial charge in [-0.2, -0.15) is 0 Å². The second kappa shape index (κ2) is 7.62. The Kier molecular flexibility index (Phi) is 6.00. The van der Waals surface area contributed by atoms with Crippen molar-refractivity contribution in [2.24, 2.45) is 0 Å². The molecule has 2 aromatic carbocycles. The highest BCUT2D eigenvalue weighted by Gasteiger charge is 2.22. The van der Waals surface area contributed by atoms with Gasteiger partial charge in [-0.25, -0.2) is 8.42 Å². The lowest BCUT2D eigenvalue weighted by atomic mass is 10.2. The molecular weight excluding hydrogens is 420 g/mol. The van der Waals surface area contributed by atoms with E-state index in [0.29, 0.717) is 10.7 Å². The Labute approximate surface area is 153 Å². The number of rotatable bonds is 5. The number of benzene rings is 2. The van der Waals surface area contributed by atoms with E-state index >= 15 is 0 Å². The van der Waals surface area contributed by atoms with Gasteiger partial charge in [0.25, 0.3) is 15.9 Å². The molecule has 0 spiro atoms. The lowest BCUT2D eigenvalue weighted by molar-refractivity contribution is -0.0258. The molecule has 0 heterocycles. The number of carbonyl (C=O) groups is 1. The van der Waals surface area contributed by atoms with Gasteiger partial charge in [0, 0.05) is 17.1 Å². The van der Waals surface area contributed by atoms with Crippen LogP contribution in [0.25, 0.3) is 0 Å². The number of anilines is 1. The van der Waals surface area contributed by atoms with Crippen LogP contribution in [0, 0.1) is 0 Å². The normalized spacial score (nSPS) is 11.5. The molecule has 128 valence electrons. The molecule has 9 heteroatoms. The Hall–Kier alpha value is -1.45. The van der Waals surface area contributed by atoms with Gasteiger partial charge in [0.2, 0.25) is 0 Å². The van der Waals surface area contributed by atoms with Crippen LogP contribution in [-0.4, -0.2) is 33.0 Å². The first-order chi connectivity index (χ1) is 11.3. The minimum Gasteiger partial charge on any atom is -0.321 e. The Morgan fingerprint density at radius 1 is 1.25 bits per heavy atom. The van der Waals surface area contributed by atoms with E-state index in [0.717, 1.165) is 8.94 Å². The molecule has 0 unspecified atom stereocenters. The Morgan fingerprint density at radius 2 is 1.96 bits per heavy atom. The van der Waals surface area contributed by atoms with Crippen molar-refractivity contribution in [3.05, 3.63) is 57.5 Å². The van der Waals surface area contributed by atoms with Crippen LogP contribution in [0.3, 0.4) is 0 Å². The van der Waals surface area contributed by atoms with Gasteiger partial charge in [0.15, 0.2) is 0 Å². The van der Waals surface area contributed by atoms with Crippen LogP contribution < -0.4 is 5.32 Å². The molecule has 6 nitrogen and oxygen atoms in total. The summed E-state index contributed by atoms with van der Waals surface area (Å²) < 4.78 is 26.0. The molecule has 0 saturated heterocycles. The fourth-order valence-electron chi connectivity index (χ4n) is 1.83. The van der Waals surface area contributed by atoms with Crippen LogP contribution >= 0.6 is 27.5 Å². The summed E-state index contributed by atoms with van der Waals surface area (Å²) in [5.41, 5.74) is 0.603. The van der Waals surface area contributed by atoms with Crippen molar-refractivity contribution < 1.29 is 18.0 Å². The fraction of sp³-hybridized carbons (Fsp3) is 0.133. The van der Waals surface area contributed by atoms with Crippen LogP contribution in [0.1, 0.15) is 10.4 Å². The zero-order chi connectivity index (χ0) is 17.9. The van der Waals surface area contributed by atoms with Crippen LogP contribution in [0.2, 0.25) is 5.02 Å². The molecule has 24 heavy (non-hydrogen) atoms. The Balaban J connectivity index is 2.30. The maximum Gasteiger partial charge on any atom is 0.264 e. The summed E-state index contributed by atoms with van der Waals surface area (Å²) in [6.45, 7) is 0. The van der Waals surface area contributed by atoms with Gasteiger partial charge in [0.1, 0.15) is 0 Å². The van der Waals surface area contributed by atoms with E-state index < -0.39 is 15.9 Å². The summed E-state index contributed by atoms with van der Waals surface area (Å²) in [5.74, 6) is -0.476. The third-order valence-electron chi connectivity index (χ3n) is 3.17. The first-order valence-corrected chi connectivity index (χ1v) is 9.26.